The average Bonchev–Trinajstić information content (AvgIpc) is 2.85. The Morgan fingerprint density at radius 3 is 2.74 bits per heavy atom. The van der Waals surface area contributed by atoms with Gasteiger partial charge in [0.15, 0.2) is 5.82 Å². The molecule has 0 aromatic carbocycles. The van der Waals surface area contributed by atoms with Gasteiger partial charge in [-0.2, -0.15) is 5.10 Å². The zero-order valence-corrected chi connectivity index (χ0v) is 11.5. The third-order valence-electron chi connectivity index (χ3n) is 3.61. The second kappa shape index (κ2) is 6.14. The van der Waals surface area contributed by atoms with Gasteiger partial charge < -0.3 is 9.84 Å². The number of carboxylic acids is 1. The van der Waals surface area contributed by atoms with Crippen molar-refractivity contribution in [2.75, 3.05) is 0 Å². The third-order valence-corrected chi connectivity index (χ3v) is 3.61. The van der Waals surface area contributed by atoms with Crippen LogP contribution in [0, 0.1) is 5.92 Å². The molecule has 6 heteroatoms. The summed E-state index contributed by atoms with van der Waals surface area (Å²) in [6, 6.07) is 0.267. The zero-order valence-electron chi connectivity index (χ0n) is 11.5. The van der Waals surface area contributed by atoms with Crippen LogP contribution in [0.2, 0.25) is 0 Å². The van der Waals surface area contributed by atoms with Crippen molar-refractivity contribution in [3.8, 4) is 0 Å². The van der Waals surface area contributed by atoms with E-state index in [1.807, 2.05) is 4.68 Å². The average molecular weight is 267 g/mol. The Morgan fingerprint density at radius 1 is 1.47 bits per heavy atom. The molecule has 0 amide bonds. The molecule has 1 aromatic rings. The van der Waals surface area contributed by atoms with Gasteiger partial charge in [0.2, 0.25) is 0 Å². The highest BCUT2D eigenvalue weighted by atomic mass is 16.5. The molecule has 1 saturated carbocycles. The fourth-order valence-electron chi connectivity index (χ4n) is 2.48. The lowest BCUT2D eigenvalue weighted by Gasteiger charge is -2.26. The minimum Gasteiger partial charge on any atom is -0.481 e. The number of carboxylic acid groups (broad SMARTS) is 1. The lowest BCUT2D eigenvalue weighted by molar-refractivity contribution is -0.143. The molecule has 0 unspecified atom stereocenters. The first-order valence-corrected chi connectivity index (χ1v) is 6.80. The third kappa shape index (κ3) is 3.53. The smallest absolute Gasteiger partial charge is 0.306 e. The molecular weight excluding hydrogens is 246 g/mol. The van der Waals surface area contributed by atoms with E-state index in [9.17, 15) is 4.79 Å². The van der Waals surface area contributed by atoms with Crippen molar-refractivity contribution in [3.05, 3.63) is 12.2 Å². The van der Waals surface area contributed by atoms with Crippen molar-refractivity contribution < 1.29 is 14.6 Å². The molecule has 2 rings (SSSR count). The van der Waals surface area contributed by atoms with Gasteiger partial charge in [0.05, 0.1) is 12.0 Å². The van der Waals surface area contributed by atoms with E-state index in [1.165, 1.54) is 0 Å². The van der Waals surface area contributed by atoms with Gasteiger partial charge in [0, 0.05) is 6.04 Å². The molecule has 1 aliphatic rings. The Balaban J connectivity index is 1.80. The molecule has 106 valence electrons. The van der Waals surface area contributed by atoms with Gasteiger partial charge >= 0.3 is 5.97 Å². The van der Waals surface area contributed by atoms with Crippen molar-refractivity contribution in [2.45, 2.75) is 58.3 Å². The standard InChI is InChI=1S/C13H21N3O3/c1-9(2)16-12(14-8-15-16)7-19-11-5-3-10(4-6-11)13(17)18/h8-11H,3-7H2,1-2H3,(H,17,18). The van der Waals surface area contributed by atoms with Crippen molar-refractivity contribution in [2.24, 2.45) is 5.92 Å². The van der Waals surface area contributed by atoms with E-state index in [-0.39, 0.29) is 18.1 Å². The fraction of sp³-hybridized carbons (Fsp3) is 0.769. The Morgan fingerprint density at radius 2 is 2.16 bits per heavy atom. The predicted molar refractivity (Wildman–Crippen MR) is 68.6 cm³/mol. The summed E-state index contributed by atoms with van der Waals surface area (Å²) in [6.45, 7) is 4.55. The maximum absolute atomic E-state index is 10.9. The number of nitrogens with zero attached hydrogens (tertiary/aromatic N) is 3. The second-order valence-corrected chi connectivity index (χ2v) is 5.34. The Kier molecular flexibility index (Phi) is 4.52. The normalized spacial score (nSPS) is 23.7. The first-order chi connectivity index (χ1) is 9.08. The minimum absolute atomic E-state index is 0.146. The van der Waals surface area contributed by atoms with Crippen LogP contribution in [0.4, 0.5) is 0 Å². The van der Waals surface area contributed by atoms with E-state index in [2.05, 4.69) is 23.9 Å². The molecule has 0 saturated heterocycles. The molecule has 19 heavy (non-hydrogen) atoms. The molecule has 0 spiro atoms. The fourth-order valence-corrected chi connectivity index (χ4v) is 2.48. The summed E-state index contributed by atoms with van der Waals surface area (Å²) in [4.78, 5) is 15.1. The molecule has 6 nitrogen and oxygen atoms in total. The highest BCUT2D eigenvalue weighted by Crippen LogP contribution is 2.26. The van der Waals surface area contributed by atoms with Crippen LogP contribution in [0.15, 0.2) is 6.33 Å². The monoisotopic (exact) mass is 267 g/mol. The zero-order chi connectivity index (χ0) is 13.8. The highest BCUT2D eigenvalue weighted by Gasteiger charge is 2.26. The van der Waals surface area contributed by atoms with Crippen molar-refractivity contribution >= 4 is 5.97 Å². The Bertz CT molecular complexity index is 423. The predicted octanol–water partition coefficient (Wildman–Crippen LogP) is 2.02. The van der Waals surface area contributed by atoms with Gasteiger partial charge in [0.1, 0.15) is 12.9 Å². The molecule has 0 bridgehead atoms. The van der Waals surface area contributed by atoms with Gasteiger partial charge in [-0.15, -0.1) is 0 Å². The van der Waals surface area contributed by atoms with E-state index in [0.717, 1.165) is 18.7 Å². The first kappa shape index (κ1) is 14.0. The summed E-state index contributed by atoms with van der Waals surface area (Å²) >= 11 is 0. The summed E-state index contributed by atoms with van der Waals surface area (Å²) in [6.07, 6.45) is 4.72. The quantitative estimate of drug-likeness (QED) is 0.883. The number of ether oxygens (including phenoxy) is 1. The largest absolute Gasteiger partial charge is 0.481 e. The SMILES string of the molecule is CC(C)n1ncnc1COC1CCC(C(=O)O)CC1. The molecule has 1 heterocycles. The van der Waals surface area contributed by atoms with E-state index in [0.29, 0.717) is 19.4 Å². The molecule has 1 aromatic heterocycles. The summed E-state index contributed by atoms with van der Waals surface area (Å²) in [5, 5.41) is 13.1. The van der Waals surface area contributed by atoms with E-state index in [1.54, 1.807) is 6.33 Å². The lowest BCUT2D eigenvalue weighted by atomic mass is 9.87. The maximum atomic E-state index is 10.9. The number of rotatable bonds is 5. The van der Waals surface area contributed by atoms with Crippen LogP contribution in [0.5, 0.6) is 0 Å². The van der Waals surface area contributed by atoms with Crippen LogP contribution in [0.25, 0.3) is 0 Å². The molecule has 0 radical (unpaired) electrons. The number of hydrogen-bond donors (Lipinski definition) is 1. The topological polar surface area (TPSA) is 77.2 Å². The second-order valence-electron chi connectivity index (χ2n) is 5.34. The molecule has 0 aliphatic heterocycles. The number of hydrogen-bond acceptors (Lipinski definition) is 4. The van der Waals surface area contributed by atoms with Crippen LogP contribution in [0.3, 0.4) is 0 Å². The Hall–Kier alpha value is -1.43. The molecule has 1 fully saturated rings. The summed E-state index contributed by atoms with van der Waals surface area (Å²) in [5.41, 5.74) is 0. The van der Waals surface area contributed by atoms with Crippen molar-refractivity contribution in [1.82, 2.24) is 14.8 Å². The summed E-state index contributed by atoms with van der Waals surface area (Å²) < 4.78 is 7.68. The van der Waals surface area contributed by atoms with Crippen LogP contribution in [-0.4, -0.2) is 31.9 Å². The van der Waals surface area contributed by atoms with Gasteiger partial charge in [-0.05, 0) is 39.5 Å². The highest BCUT2D eigenvalue weighted by molar-refractivity contribution is 5.70. The van der Waals surface area contributed by atoms with Crippen molar-refractivity contribution in [1.29, 1.82) is 0 Å². The lowest BCUT2D eigenvalue weighted by Crippen LogP contribution is -2.26. The molecule has 1 aliphatic carbocycles. The number of aliphatic carboxylic acids is 1. The van der Waals surface area contributed by atoms with E-state index < -0.39 is 5.97 Å². The minimum atomic E-state index is -0.682. The van der Waals surface area contributed by atoms with Gasteiger partial charge in [-0.3, -0.25) is 4.79 Å². The van der Waals surface area contributed by atoms with Crippen molar-refractivity contribution in [3.63, 3.8) is 0 Å². The van der Waals surface area contributed by atoms with Crippen LogP contribution >= 0.6 is 0 Å². The first-order valence-electron chi connectivity index (χ1n) is 6.80. The molecular formula is C13H21N3O3. The molecule has 0 atom stereocenters. The van der Waals surface area contributed by atoms with Crippen LogP contribution in [-0.2, 0) is 16.1 Å². The van der Waals surface area contributed by atoms with Crippen LogP contribution in [0.1, 0.15) is 51.4 Å². The van der Waals surface area contributed by atoms with E-state index >= 15 is 0 Å². The summed E-state index contributed by atoms with van der Waals surface area (Å²) in [7, 11) is 0. The van der Waals surface area contributed by atoms with Crippen LogP contribution < -0.4 is 0 Å². The molecule has 1 N–H and O–H groups in total. The Labute approximate surface area is 112 Å². The van der Waals surface area contributed by atoms with Gasteiger partial charge in [-0.25, -0.2) is 9.67 Å². The number of carbonyl (C=O) groups is 1. The maximum Gasteiger partial charge on any atom is 0.306 e. The van der Waals surface area contributed by atoms with E-state index in [4.69, 9.17) is 9.84 Å². The summed E-state index contributed by atoms with van der Waals surface area (Å²) in [5.74, 6) is -0.0486. The van der Waals surface area contributed by atoms with Gasteiger partial charge in [0.25, 0.3) is 0 Å². The number of aromatic nitrogens is 3. The van der Waals surface area contributed by atoms with Gasteiger partial charge in [-0.1, -0.05) is 0 Å².